The summed E-state index contributed by atoms with van der Waals surface area (Å²) in [6.07, 6.45) is 1.02. The molecule has 1 rings (SSSR count). The maximum absolute atomic E-state index is 4.93. The Balaban J connectivity index is 2.73. The second-order valence-electron chi connectivity index (χ2n) is 2.83. The van der Waals surface area contributed by atoms with Gasteiger partial charge in [0, 0.05) is 3.57 Å². The van der Waals surface area contributed by atoms with Crippen LogP contribution in [0.5, 0.6) is 0 Å². The van der Waals surface area contributed by atoms with Gasteiger partial charge in [-0.3, -0.25) is 0 Å². The van der Waals surface area contributed by atoms with Crippen molar-refractivity contribution in [2.24, 2.45) is 0 Å². The van der Waals surface area contributed by atoms with E-state index in [1.54, 1.807) is 7.11 Å². The summed E-state index contributed by atoms with van der Waals surface area (Å²) in [5.41, 5.74) is 4.23. The van der Waals surface area contributed by atoms with Crippen LogP contribution in [0.2, 0.25) is 0 Å². The molecule has 0 amide bonds. The second kappa shape index (κ2) is 5.57. The first-order valence-corrected chi connectivity index (χ1v) is 5.39. The Morgan fingerprint density at radius 1 is 1.38 bits per heavy atom. The molecule has 0 saturated heterocycles. The predicted molar refractivity (Wildman–Crippen MR) is 62.3 cm³/mol. The highest BCUT2D eigenvalue weighted by atomic mass is 127. The van der Waals surface area contributed by atoms with Crippen LogP contribution in [-0.4, -0.2) is 7.11 Å². The van der Waals surface area contributed by atoms with E-state index in [-0.39, 0.29) is 0 Å². The molecule has 72 valence electrons. The van der Waals surface area contributed by atoms with Crippen LogP contribution in [0.25, 0.3) is 0 Å². The van der Waals surface area contributed by atoms with Crippen LogP contribution in [0.3, 0.4) is 0 Å². The first kappa shape index (κ1) is 10.9. The molecule has 0 saturated carbocycles. The molecule has 0 aromatic heterocycles. The molecule has 2 nitrogen and oxygen atoms in total. The molecule has 0 aliphatic carbocycles. The Kier molecular flexibility index (Phi) is 4.69. The molecular weight excluding hydrogens is 277 g/mol. The number of halogens is 1. The number of rotatable bonds is 4. The van der Waals surface area contributed by atoms with Crippen molar-refractivity contribution in [3.63, 3.8) is 0 Å². The standard InChI is InChI=1S/C10H14INO/c1-3-10(12-13-2)8-4-6-9(11)7-5-8/h4-7,10,12H,3H2,1-2H3. The van der Waals surface area contributed by atoms with Gasteiger partial charge in [-0.1, -0.05) is 19.1 Å². The molecule has 0 aliphatic heterocycles. The Bertz CT molecular complexity index is 248. The van der Waals surface area contributed by atoms with Gasteiger partial charge in [-0.05, 0) is 46.7 Å². The highest BCUT2D eigenvalue weighted by molar-refractivity contribution is 14.1. The fourth-order valence-corrected chi connectivity index (χ4v) is 1.58. The minimum absolute atomic E-state index is 0.294. The first-order valence-electron chi connectivity index (χ1n) is 4.32. The molecule has 13 heavy (non-hydrogen) atoms. The summed E-state index contributed by atoms with van der Waals surface area (Å²) < 4.78 is 1.26. The van der Waals surface area contributed by atoms with Crippen molar-refractivity contribution in [2.45, 2.75) is 19.4 Å². The minimum atomic E-state index is 0.294. The Morgan fingerprint density at radius 2 is 2.00 bits per heavy atom. The van der Waals surface area contributed by atoms with Crippen molar-refractivity contribution in [2.75, 3.05) is 7.11 Å². The largest absolute Gasteiger partial charge is 0.305 e. The van der Waals surface area contributed by atoms with Crippen LogP contribution in [0, 0.1) is 3.57 Å². The van der Waals surface area contributed by atoms with Gasteiger partial charge in [-0.25, -0.2) is 0 Å². The van der Waals surface area contributed by atoms with Crippen molar-refractivity contribution >= 4 is 22.6 Å². The number of benzene rings is 1. The van der Waals surface area contributed by atoms with Gasteiger partial charge in [-0.15, -0.1) is 0 Å². The van der Waals surface area contributed by atoms with E-state index in [2.05, 4.69) is 59.3 Å². The zero-order valence-corrected chi connectivity index (χ0v) is 10.0. The van der Waals surface area contributed by atoms with Gasteiger partial charge in [0.05, 0.1) is 13.2 Å². The first-order chi connectivity index (χ1) is 6.27. The van der Waals surface area contributed by atoms with Crippen molar-refractivity contribution in [1.82, 2.24) is 5.48 Å². The lowest BCUT2D eigenvalue weighted by Gasteiger charge is -2.15. The topological polar surface area (TPSA) is 21.3 Å². The number of hydrogen-bond acceptors (Lipinski definition) is 2. The zero-order chi connectivity index (χ0) is 9.68. The quantitative estimate of drug-likeness (QED) is 0.680. The van der Waals surface area contributed by atoms with Crippen LogP contribution in [0.15, 0.2) is 24.3 Å². The average molecular weight is 291 g/mol. The normalized spacial score (nSPS) is 12.8. The summed E-state index contributed by atoms with van der Waals surface area (Å²) in [5.74, 6) is 0. The van der Waals surface area contributed by atoms with Crippen LogP contribution in [-0.2, 0) is 4.84 Å². The highest BCUT2D eigenvalue weighted by Gasteiger charge is 2.07. The number of hydroxylamine groups is 1. The van der Waals surface area contributed by atoms with E-state index in [0.717, 1.165) is 6.42 Å². The van der Waals surface area contributed by atoms with E-state index in [9.17, 15) is 0 Å². The SMILES string of the molecule is CCC(NOC)c1ccc(I)cc1. The molecule has 0 heterocycles. The summed E-state index contributed by atoms with van der Waals surface area (Å²) in [4.78, 5) is 4.93. The predicted octanol–water partition coefficient (Wildman–Crippen LogP) is 2.89. The molecule has 1 aromatic rings. The Hall–Kier alpha value is -0.130. The molecular formula is C10H14INO. The maximum Gasteiger partial charge on any atom is 0.0572 e. The lowest BCUT2D eigenvalue weighted by atomic mass is 10.1. The molecule has 0 fully saturated rings. The van der Waals surface area contributed by atoms with Gasteiger partial charge in [0.1, 0.15) is 0 Å². The summed E-state index contributed by atoms with van der Waals surface area (Å²) in [6.45, 7) is 2.13. The summed E-state index contributed by atoms with van der Waals surface area (Å²) in [5, 5.41) is 0. The van der Waals surface area contributed by atoms with E-state index >= 15 is 0 Å². The molecule has 1 aromatic carbocycles. The second-order valence-corrected chi connectivity index (χ2v) is 4.08. The summed E-state index contributed by atoms with van der Waals surface area (Å²) in [7, 11) is 1.65. The van der Waals surface area contributed by atoms with E-state index in [4.69, 9.17) is 4.84 Å². The number of nitrogens with one attached hydrogen (secondary N) is 1. The Morgan fingerprint density at radius 3 is 2.46 bits per heavy atom. The Labute approximate surface area is 92.8 Å². The van der Waals surface area contributed by atoms with Crippen LogP contribution < -0.4 is 5.48 Å². The average Bonchev–Trinajstić information content (AvgIpc) is 2.16. The molecule has 3 heteroatoms. The third-order valence-corrected chi connectivity index (χ3v) is 2.66. The number of hydrogen-bond donors (Lipinski definition) is 1. The molecule has 1 N–H and O–H groups in total. The van der Waals surface area contributed by atoms with Crippen molar-refractivity contribution in [3.05, 3.63) is 33.4 Å². The maximum atomic E-state index is 4.93. The smallest absolute Gasteiger partial charge is 0.0572 e. The van der Waals surface area contributed by atoms with Crippen LogP contribution in [0.1, 0.15) is 24.9 Å². The van der Waals surface area contributed by atoms with Crippen LogP contribution >= 0.6 is 22.6 Å². The van der Waals surface area contributed by atoms with Gasteiger partial charge in [0.25, 0.3) is 0 Å². The molecule has 0 aliphatic rings. The molecule has 0 radical (unpaired) electrons. The summed E-state index contributed by atoms with van der Waals surface area (Å²) >= 11 is 2.30. The van der Waals surface area contributed by atoms with E-state index in [0.29, 0.717) is 6.04 Å². The third kappa shape index (κ3) is 3.25. The monoisotopic (exact) mass is 291 g/mol. The summed E-state index contributed by atoms with van der Waals surface area (Å²) in [6, 6.07) is 8.76. The lowest BCUT2D eigenvalue weighted by molar-refractivity contribution is 0.0593. The minimum Gasteiger partial charge on any atom is -0.305 e. The molecule has 0 bridgehead atoms. The highest BCUT2D eigenvalue weighted by Crippen LogP contribution is 2.17. The van der Waals surface area contributed by atoms with E-state index < -0.39 is 0 Å². The van der Waals surface area contributed by atoms with Gasteiger partial charge in [-0.2, -0.15) is 5.48 Å². The van der Waals surface area contributed by atoms with Gasteiger partial charge in [0.2, 0.25) is 0 Å². The fourth-order valence-electron chi connectivity index (χ4n) is 1.22. The lowest BCUT2D eigenvalue weighted by Crippen LogP contribution is -2.19. The fraction of sp³-hybridized carbons (Fsp3) is 0.400. The van der Waals surface area contributed by atoms with Crippen LogP contribution in [0.4, 0.5) is 0 Å². The van der Waals surface area contributed by atoms with Crippen molar-refractivity contribution in [1.29, 1.82) is 0 Å². The zero-order valence-electron chi connectivity index (χ0n) is 7.88. The third-order valence-electron chi connectivity index (χ3n) is 1.94. The van der Waals surface area contributed by atoms with E-state index in [1.165, 1.54) is 9.13 Å². The van der Waals surface area contributed by atoms with Gasteiger partial charge in [0.15, 0.2) is 0 Å². The van der Waals surface area contributed by atoms with Gasteiger partial charge >= 0.3 is 0 Å². The van der Waals surface area contributed by atoms with Crippen molar-refractivity contribution < 1.29 is 4.84 Å². The van der Waals surface area contributed by atoms with E-state index in [1.807, 2.05) is 0 Å². The van der Waals surface area contributed by atoms with Gasteiger partial charge < -0.3 is 4.84 Å². The molecule has 0 spiro atoms. The molecule has 1 atom stereocenters. The molecule has 1 unspecified atom stereocenters. The van der Waals surface area contributed by atoms with Crippen molar-refractivity contribution in [3.8, 4) is 0 Å².